The van der Waals surface area contributed by atoms with Gasteiger partial charge in [-0.25, -0.2) is 4.98 Å². The van der Waals surface area contributed by atoms with Gasteiger partial charge in [-0.1, -0.05) is 6.07 Å². The Kier molecular flexibility index (Phi) is 4.92. The maximum absolute atomic E-state index is 8.65. The van der Waals surface area contributed by atoms with Gasteiger partial charge in [0.25, 0.3) is 0 Å². The smallest absolute Gasteiger partial charge is 0.128 e. The summed E-state index contributed by atoms with van der Waals surface area (Å²) in [6.45, 7) is 6.84. The molecule has 1 heterocycles. The van der Waals surface area contributed by atoms with Crippen LogP contribution < -0.4 is 10.6 Å². The molecule has 92 valence electrons. The summed E-state index contributed by atoms with van der Waals surface area (Å²) < 4.78 is 0. The van der Waals surface area contributed by atoms with Crippen LogP contribution in [0.3, 0.4) is 0 Å². The Balaban J connectivity index is 2.84. The van der Waals surface area contributed by atoms with Gasteiger partial charge < -0.3 is 10.6 Å². The highest BCUT2D eigenvalue weighted by atomic mass is 15.2. The zero-order chi connectivity index (χ0) is 12.8. The van der Waals surface area contributed by atoms with E-state index in [1.165, 1.54) is 0 Å². The Labute approximate surface area is 103 Å². The molecule has 17 heavy (non-hydrogen) atoms. The van der Waals surface area contributed by atoms with Gasteiger partial charge in [-0.05, 0) is 32.4 Å². The van der Waals surface area contributed by atoms with Gasteiger partial charge in [0.15, 0.2) is 0 Å². The van der Waals surface area contributed by atoms with E-state index in [0.717, 1.165) is 11.4 Å². The number of nitrogens with zero attached hydrogens (tertiary/aromatic N) is 3. The van der Waals surface area contributed by atoms with Crippen molar-refractivity contribution in [2.75, 3.05) is 11.4 Å². The monoisotopic (exact) mass is 232 g/mol. The van der Waals surface area contributed by atoms with Crippen LogP contribution in [0, 0.1) is 11.3 Å². The van der Waals surface area contributed by atoms with Crippen LogP contribution in [0.5, 0.6) is 0 Å². The Bertz CT molecular complexity index is 375. The highest BCUT2D eigenvalue weighted by molar-refractivity contribution is 5.40. The third kappa shape index (κ3) is 3.72. The first-order chi connectivity index (χ1) is 8.06. The van der Waals surface area contributed by atoms with Gasteiger partial charge in [-0.15, -0.1) is 0 Å². The van der Waals surface area contributed by atoms with Crippen LogP contribution >= 0.6 is 0 Å². The fourth-order valence-corrected chi connectivity index (χ4v) is 1.64. The summed E-state index contributed by atoms with van der Waals surface area (Å²) in [6.07, 6.45) is 2.32. The number of pyridine rings is 1. The molecule has 0 aliphatic heterocycles. The first-order valence-electron chi connectivity index (χ1n) is 5.91. The van der Waals surface area contributed by atoms with Crippen molar-refractivity contribution >= 4 is 5.82 Å². The van der Waals surface area contributed by atoms with Crippen LogP contribution in [0.15, 0.2) is 18.3 Å². The number of hydrogen-bond acceptors (Lipinski definition) is 4. The van der Waals surface area contributed by atoms with E-state index in [2.05, 4.69) is 29.8 Å². The Morgan fingerprint density at radius 3 is 2.53 bits per heavy atom. The molecule has 1 aromatic rings. The number of rotatable bonds is 5. The standard InChI is InChI=1S/C13H20N4/c1-10(2)17(8-4-7-14)13-6-5-12(9-16-13)11(3)15/h5-6,9-11H,4,8,15H2,1-3H3/t11-/m0/s1. The number of hydrogen-bond donors (Lipinski definition) is 1. The van der Waals surface area contributed by atoms with Crippen LogP contribution in [0.2, 0.25) is 0 Å². The Morgan fingerprint density at radius 2 is 2.12 bits per heavy atom. The van der Waals surface area contributed by atoms with E-state index in [9.17, 15) is 0 Å². The number of anilines is 1. The van der Waals surface area contributed by atoms with E-state index in [0.29, 0.717) is 19.0 Å². The minimum atomic E-state index is 0.00292. The largest absolute Gasteiger partial charge is 0.353 e. The minimum Gasteiger partial charge on any atom is -0.353 e. The van der Waals surface area contributed by atoms with Gasteiger partial charge in [-0.2, -0.15) is 5.26 Å². The van der Waals surface area contributed by atoms with Crippen molar-refractivity contribution in [2.24, 2.45) is 5.73 Å². The topological polar surface area (TPSA) is 65.9 Å². The van der Waals surface area contributed by atoms with Crippen LogP contribution in [0.25, 0.3) is 0 Å². The minimum absolute atomic E-state index is 0.00292. The van der Waals surface area contributed by atoms with Crippen LogP contribution in [-0.4, -0.2) is 17.6 Å². The molecule has 0 aromatic carbocycles. The van der Waals surface area contributed by atoms with E-state index >= 15 is 0 Å². The highest BCUT2D eigenvalue weighted by Crippen LogP contribution is 2.17. The van der Waals surface area contributed by atoms with Crippen molar-refractivity contribution in [3.63, 3.8) is 0 Å². The van der Waals surface area contributed by atoms with Crippen LogP contribution in [-0.2, 0) is 0 Å². The van der Waals surface area contributed by atoms with Gasteiger partial charge in [0, 0.05) is 24.8 Å². The second-order valence-electron chi connectivity index (χ2n) is 4.43. The Morgan fingerprint density at radius 1 is 1.41 bits per heavy atom. The van der Waals surface area contributed by atoms with Gasteiger partial charge >= 0.3 is 0 Å². The molecule has 0 unspecified atom stereocenters. The summed E-state index contributed by atoms with van der Waals surface area (Å²) in [7, 11) is 0. The molecule has 0 spiro atoms. The molecule has 0 fully saturated rings. The quantitative estimate of drug-likeness (QED) is 0.845. The summed E-state index contributed by atoms with van der Waals surface area (Å²) in [5.74, 6) is 0.902. The van der Waals surface area contributed by atoms with Gasteiger partial charge in [0.1, 0.15) is 5.82 Å². The van der Waals surface area contributed by atoms with Crippen molar-refractivity contribution in [2.45, 2.75) is 39.3 Å². The predicted octanol–water partition coefficient (Wildman–Crippen LogP) is 2.23. The molecule has 0 aliphatic rings. The molecule has 0 radical (unpaired) electrons. The molecular formula is C13H20N4. The molecule has 4 heteroatoms. The van der Waals surface area contributed by atoms with Crippen molar-refractivity contribution in [1.29, 1.82) is 5.26 Å². The summed E-state index contributed by atoms with van der Waals surface area (Å²) in [5.41, 5.74) is 6.81. The number of nitrogens with two attached hydrogens (primary N) is 1. The average molecular weight is 232 g/mol. The zero-order valence-corrected chi connectivity index (χ0v) is 10.7. The molecule has 0 aliphatic carbocycles. The molecule has 1 rings (SSSR count). The Hall–Kier alpha value is -1.60. The lowest BCUT2D eigenvalue weighted by molar-refractivity contribution is 0.675. The molecule has 1 aromatic heterocycles. The number of aromatic nitrogens is 1. The molecule has 0 saturated heterocycles. The van der Waals surface area contributed by atoms with E-state index in [-0.39, 0.29) is 6.04 Å². The predicted molar refractivity (Wildman–Crippen MR) is 69.6 cm³/mol. The van der Waals surface area contributed by atoms with Gasteiger partial charge in [-0.3, -0.25) is 0 Å². The maximum atomic E-state index is 8.65. The second kappa shape index (κ2) is 6.21. The average Bonchev–Trinajstić information content (AvgIpc) is 2.29. The van der Waals surface area contributed by atoms with Crippen LogP contribution in [0.1, 0.15) is 38.8 Å². The number of nitriles is 1. The van der Waals surface area contributed by atoms with Gasteiger partial charge in [0.2, 0.25) is 0 Å². The van der Waals surface area contributed by atoms with E-state index in [1.54, 1.807) is 0 Å². The second-order valence-corrected chi connectivity index (χ2v) is 4.43. The van der Waals surface area contributed by atoms with E-state index in [1.807, 2.05) is 25.3 Å². The zero-order valence-electron chi connectivity index (χ0n) is 10.7. The molecule has 0 saturated carbocycles. The van der Waals surface area contributed by atoms with E-state index < -0.39 is 0 Å². The third-order valence-electron chi connectivity index (χ3n) is 2.68. The molecule has 0 bridgehead atoms. The molecule has 1 atom stereocenters. The van der Waals surface area contributed by atoms with Crippen LogP contribution in [0.4, 0.5) is 5.82 Å². The van der Waals surface area contributed by atoms with E-state index in [4.69, 9.17) is 11.0 Å². The van der Waals surface area contributed by atoms with Crippen molar-refractivity contribution < 1.29 is 0 Å². The fourth-order valence-electron chi connectivity index (χ4n) is 1.64. The summed E-state index contributed by atoms with van der Waals surface area (Å²) in [5, 5.41) is 8.65. The SMILES string of the molecule is CC(C)N(CCC#N)c1ccc([C@H](C)N)cn1. The van der Waals surface area contributed by atoms with Crippen molar-refractivity contribution in [3.8, 4) is 6.07 Å². The molecule has 2 N–H and O–H groups in total. The first kappa shape index (κ1) is 13.5. The lowest BCUT2D eigenvalue weighted by atomic mass is 10.1. The third-order valence-corrected chi connectivity index (χ3v) is 2.68. The highest BCUT2D eigenvalue weighted by Gasteiger charge is 2.11. The normalized spacial score (nSPS) is 12.2. The van der Waals surface area contributed by atoms with Gasteiger partial charge in [0.05, 0.1) is 12.5 Å². The summed E-state index contributed by atoms with van der Waals surface area (Å²) in [6, 6.07) is 6.46. The fraction of sp³-hybridized carbons (Fsp3) is 0.538. The molecule has 4 nitrogen and oxygen atoms in total. The lowest BCUT2D eigenvalue weighted by Gasteiger charge is -2.27. The van der Waals surface area contributed by atoms with Crippen molar-refractivity contribution in [3.05, 3.63) is 23.9 Å². The maximum Gasteiger partial charge on any atom is 0.128 e. The lowest BCUT2D eigenvalue weighted by Crippen LogP contribution is -2.32. The van der Waals surface area contributed by atoms with Crippen molar-refractivity contribution in [1.82, 2.24) is 4.98 Å². The summed E-state index contributed by atoms with van der Waals surface area (Å²) in [4.78, 5) is 6.53. The first-order valence-corrected chi connectivity index (χ1v) is 5.91. The summed E-state index contributed by atoms with van der Waals surface area (Å²) >= 11 is 0. The molecular weight excluding hydrogens is 212 g/mol. The molecule has 0 amide bonds.